The second-order valence-electron chi connectivity index (χ2n) is 8.99. The number of fused-ring (bicyclic) bond motifs is 1. The summed E-state index contributed by atoms with van der Waals surface area (Å²) in [6.45, 7) is 2.88. The van der Waals surface area contributed by atoms with Crippen LogP contribution in [0, 0.1) is 0 Å². The highest BCUT2D eigenvalue weighted by Crippen LogP contribution is 2.31. The van der Waals surface area contributed by atoms with Crippen molar-refractivity contribution in [1.82, 2.24) is 25.1 Å². The maximum atomic E-state index is 13.4. The Hall–Kier alpha value is -2.75. The molecule has 2 amide bonds. The van der Waals surface area contributed by atoms with Gasteiger partial charge in [0, 0.05) is 45.2 Å². The van der Waals surface area contributed by atoms with E-state index in [4.69, 9.17) is 37.7 Å². The molecule has 3 aliphatic rings. The van der Waals surface area contributed by atoms with Crippen molar-refractivity contribution < 1.29 is 14.3 Å². The van der Waals surface area contributed by atoms with Crippen LogP contribution in [0.3, 0.4) is 0 Å². The second-order valence-corrected chi connectivity index (χ2v) is 9.80. The number of amides is 2. The largest absolute Gasteiger partial charge is 0.473 e. The molecule has 9 nitrogen and oxygen atoms in total. The molecule has 1 aromatic carbocycles. The molecule has 11 heteroatoms. The molecule has 5 rings (SSSR count). The van der Waals surface area contributed by atoms with Crippen molar-refractivity contribution in [3.05, 3.63) is 63.2 Å². The molecule has 0 radical (unpaired) electrons. The molecule has 0 bridgehead atoms. The lowest BCUT2D eigenvalue weighted by Gasteiger charge is -2.31. The first kappa shape index (κ1) is 24.0. The van der Waals surface area contributed by atoms with Gasteiger partial charge in [-0.2, -0.15) is 0 Å². The van der Waals surface area contributed by atoms with Crippen molar-refractivity contribution in [3.8, 4) is 0 Å². The molecule has 0 aliphatic carbocycles. The fraction of sp³-hybridized carbons (Fsp3) is 0.458. The number of halogens is 2. The fourth-order valence-corrected chi connectivity index (χ4v) is 4.73. The van der Waals surface area contributed by atoms with Gasteiger partial charge in [-0.25, -0.2) is 14.8 Å². The summed E-state index contributed by atoms with van der Waals surface area (Å²) in [5.74, 6) is 1.24. The number of carbonyl (C=O) groups is 1. The maximum Gasteiger partial charge on any atom is 0.318 e. The minimum absolute atomic E-state index is 0.205. The third-order valence-corrected chi connectivity index (χ3v) is 7.14. The number of ether oxygens (including phenoxy) is 2. The van der Waals surface area contributed by atoms with Gasteiger partial charge in [-0.05, 0) is 42.5 Å². The number of nitrogens with zero attached hydrogens (tertiary/aromatic N) is 4. The molecule has 4 heterocycles. The topological polar surface area (TPSA) is 91.9 Å². The Kier molecular flexibility index (Phi) is 7.17. The van der Waals surface area contributed by atoms with Crippen molar-refractivity contribution in [2.75, 3.05) is 38.9 Å². The molecule has 186 valence electrons. The van der Waals surface area contributed by atoms with Crippen molar-refractivity contribution in [2.45, 2.75) is 37.9 Å². The molecule has 1 aromatic heterocycles. The van der Waals surface area contributed by atoms with E-state index in [9.17, 15) is 4.79 Å². The van der Waals surface area contributed by atoms with Gasteiger partial charge in [0.2, 0.25) is 5.95 Å². The molecule has 1 unspecified atom stereocenters. The van der Waals surface area contributed by atoms with Gasteiger partial charge in [-0.3, -0.25) is 0 Å². The van der Waals surface area contributed by atoms with Gasteiger partial charge in [-0.15, -0.1) is 0 Å². The van der Waals surface area contributed by atoms with E-state index in [1.165, 1.54) is 0 Å². The molecule has 35 heavy (non-hydrogen) atoms. The van der Waals surface area contributed by atoms with Gasteiger partial charge in [0.15, 0.2) is 6.73 Å². The lowest BCUT2D eigenvalue weighted by Crippen LogP contribution is -2.44. The summed E-state index contributed by atoms with van der Waals surface area (Å²) in [6, 6.07) is 4.91. The number of urea groups is 1. The molecule has 1 saturated heterocycles. The average Bonchev–Trinajstić information content (AvgIpc) is 3.30. The Bertz CT molecular complexity index is 1120. The van der Waals surface area contributed by atoms with E-state index in [1.54, 1.807) is 17.0 Å². The van der Waals surface area contributed by atoms with E-state index >= 15 is 0 Å². The van der Waals surface area contributed by atoms with Gasteiger partial charge in [0.05, 0.1) is 22.3 Å². The highest BCUT2D eigenvalue weighted by molar-refractivity contribution is 6.42. The number of carbonyl (C=O) groups excluding carboxylic acids is 1. The molecular weight excluding hydrogens is 491 g/mol. The van der Waals surface area contributed by atoms with Crippen molar-refractivity contribution in [2.24, 2.45) is 0 Å². The van der Waals surface area contributed by atoms with Crippen LogP contribution in [-0.2, 0) is 22.4 Å². The van der Waals surface area contributed by atoms with Gasteiger partial charge >= 0.3 is 6.03 Å². The number of benzene rings is 1. The summed E-state index contributed by atoms with van der Waals surface area (Å²) < 4.78 is 11.2. The Morgan fingerprint density at radius 2 is 2.06 bits per heavy atom. The van der Waals surface area contributed by atoms with Gasteiger partial charge in [-0.1, -0.05) is 29.3 Å². The highest BCUT2D eigenvalue weighted by Gasteiger charge is 2.29. The number of anilines is 1. The zero-order valence-electron chi connectivity index (χ0n) is 19.5. The zero-order valence-corrected chi connectivity index (χ0v) is 21.0. The molecule has 0 saturated carbocycles. The van der Waals surface area contributed by atoms with E-state index in [0.717, 1.165) is 42.9 Å². The Morgan fingerprint density at radius 1 is 1.23 bits per heavy atom. The number of hydrogen-bond donors (Lipinski definition) is 2. The SMILES string of the molecule is CN1C=C(C(NC(=O)N2CCc3cnc(NC4CCOCC4)nc3C2)c2ccc(Cl)c(Cl)c2)OC1. The standard InChI is InChI=1S/C24H28Cl2N6O3/c1-31-13-21(35-14-31)22(15-2-3-18(25)19(26)10-15)30-24(33)32-7-4-16-11-27-23(29-20(16)12-32)28-17-5-8-34-9-6-17/h2-3,10-11,13,17,22H,4-9,12,14H2,1H3,(H,30,33)(H,27,28,29). The first-order chi connectivity index (χ1) is 17.0. The van der Waals surface area contributed by atoms with E-state index in [0.29, 0.717) is 54.0 Å². The summed E-state index contributed by atoms with van der Waals surface area (Å²) in [6.07, 6.45) is 6.29. The summed E-state index contributed by atoms with van der Waals surface area (Å²) in [5, 5.41) is 7.40. The second kappa shape index (κ2) is 10.5. The third kappa shape index (κ3) is 5.58. The highest BCUT2D eigenvalue weighted by atomic mass is 35.5. The zero-order chi connectivity index (χ0) is 24.4. The minimum Gasteiger partial charge on any atom is -0.473 e. The van der Waals surface area contributed by atoms with Gasteiger partial charge < -0.3 is 29.9 Å². The van der Waals surface area contributed by atoms with Crippen LogP contribution in [-0.4, -0.2) is 65.4 Å². The number of aromatic nitrogens is 2. The number of nitrogens with one attached hydrogen (secondary N) is 2. The van der Waals surface area contributed by atoms with Crippen LogP contribution in [0.4, 0.5) is 10.7 Å². The van der Waals surface area contributed by atoms with E-state index in [-0.39, 0.29) is 6.03 Å². The quantitative estimate of drug-likeness (QED) is 0.619. The van der Waals surface area contributed by atoms with Gasteiger partial charge in [0.25, 0.3) is 0 Å². The lowest BCUT2D eigenvalue weighted by molar-refractivity contribution is 0.0903. The van der Waals surface area contributed by atoms with Crippen LogP contribution in [0.25, 0.3) is 0 Å². The number of hydrogen-bond acceptors (Lipinski definition) is 7. The maximum absolute atomic E-state index is 13.4. The lowest BCUT2D eigenvalue weighted by atomic mass is 10.0. The molecule has 1 atom stereocenters. The Labute approximate surface area is 214 Å². The normalized spacial score (nSPS) is 19.0. The summed E-state index contributed by atoms with van der Waals surface area (Å²) in [7, 11) is 1.91. The van der Waals surface area contributed by atoms with Crippen LogP contribution in [0.15, 0.2) is 36.4 Å². The third-order valence-electron chi connectivity index (χ3n) is 6.40. The van der Waals surface area contributed by atoms with Crippen LogP contribution in [0.2, 0.25) is 10.0 Å². The van der Waals surface area contributed by atoms with E-state index in [1.807, 2.05) is 30.4 Å². The molecule has 3 aliphatic heterocycles. The van der Waals surface area contributed by atoms with Crippen LogP contribution in [0.5, 0.6) is 0 Å². The molecule has 2 aromatic rings. The minimum atomic E-state index is -0.500. The average molecular weight is 519 g/mol. The van der Waals surface area contributed by atoms with Crippen LogP contribution < -0.4 is 10.6 Å². The molecule has 2 N–H and O–H groups in total. The molecule has 1 fully saturated rings. The Balaban J connectivity index is 1.31. The predicted molar refractivity (Wildman–Crippen MR) is 133 cm³/mol. The first-order valence-corrected chi connectivity index (χ1v) is 12.5. The van der Waals surface area contributed by atoms with E-state index in [2.05, 4.69) is 15.6 Å². The summed E-state index contributed by atoms with van der Waals surface area (Å²) >= 11 is 12.4. The van der Waals surface area contributed by atoms with Crippen molar-refractivity contribution >= 4 is 35.2 Å². The summed E-state index contributed by atoms with van der Waals surface area (Å²) in [4.78, 5) is 26.3. The van der Waals surface area contributed by atoms with Gasteiger partial charge in [0.1, 0.15) is 11.8 Å². The Morgan fingerprint density at radius 3 is 2.80 bits per heavy atom. The van der Waals surface area contributed by atoms with Crippen molar-refractivity contribution in [3.63, 3.8) is 0 Å². The fourth-order valence-electron chi connectivity index (χ4n) is 4.42. The van der Waals surface area contributed by atoms with E-state index < -0.39 is 6.04 Å². The predicted octanol–water partition coefficient (Wildman–Crippen LogP) is 3.94. The van der Waals surface area contributed by atoms with Crippen LogP contribution in [0.1, 0.15) is 35.7 Å². The molecular formula is C24H28Cl2N6O3. The number of rotatable bonds is 5. The summed E-state index contributed by atoms with van der Waals surface area (Å²) in [5.41, 5.74) is 2.71. The van der Waals surface area contributed by atoms with Crippen LogP contribution >= 0.6 is 23.2 Å². The molecule has 0 spiro atoms. The monoisotopic (exact) mass is 518 g/mol. The first-order valence-electron chi connectivity index (χ1n) is 11.7. The van der Waals surface area contributed by atoms with Crippen molar-refractivity contribution in [1.29, 1.82) is 0 Å². The smallest absolute Gasteiger partial charge is 0.318 e.